The SMILES string of the molecule is COc1cc(-n2nncc2-c2cccc(N(OC)C(=O)O)c2)cc(OC)c1OC. The fraction of sp³-hybridized carbons (Fsp3) is 0.211. The van der Waals surface area contributed by atoms with Gasteiger partial charge >= 0.3 is 6.09 Å². The number of nitrogens with zero attached hydrogens (tertiary/aromatic N) is 4. The lowest BCUT2D eigenvalue weighted by Crippen LogP contribution is -2.27. The minimum atomic E-state index is -1.24. The summed E-state index contributed by atoms with van der Waals surface area (Å²) in [5, 5.41) is 18.2. The van der Waals surface area contributed by atoms with E-state index in [1.54, 1.807) is 41.2 Å². The van der Waals surface area contributed by atoms with E-state index in [2.05, 4.69) is 10.3 Å². The highest BCUT2D eigenvalue weighted by molar-refractivity contribution is 5.85. The van der Waals surface area contributed by atoms with Crippen molar-refractivity contribution in [2.24, 2.45) is 0 Å². The first-order valence-electron chi connectivity index (χ1n) is 8.42. The van der Waals surface area contributed by atoms with Crippen molar-refractivity contribution in [3.05, 3.63) is 42.6 Å². The molecular weight excluding hydrogens is 380 g/mol. The van der Waals surface area contributed by atoms with Gasteiger partial charge in [0.25, 0.3) is 0 Å². The standard InChI is InChI=1S/C19H20N4O6/c1-26-16-9-14(10-17(27-2)18(16)28-3)22-15(11-20-21-22)12-6-5-7-13(8-12)23(29-4)19(24)25/h5-11H,1-4H3,(H,24,25). The zero-order valence-electron chi connectivity index (χ0n) is 16.3. The predicted molar refractivity (Wildman–Crippen MR) is 104 cm³/mol. The van der Waals surface area contributed by atoms with Gasteiger partial charge in [0.05, 0.1) is 51.7 Å². The first kappa shape index (κ1) is 20.0. The van der Waals surface area contributed by atoms with Crippen molar-refractivity contribution >= 4 is 11.8 Å². The smallest absolute Gasteiger partial charge is 0.436 e. The van der Waals surface area contributed by atoms with E-state index in [1.807, 2.05) is 6.07 Å². The van der Waals surface area contributed by atoms with Crippen LogP contribution in [0, 0.1) is 0 Å². The quantitative estimate of drug-likeness (QED) is 0.603. The van der Waals surface area contributed by atoms with E-state index in [4.69, 9.17) is 19.0 Å². The molecule has 1 heterocycles. The maximum atomic E-state index is 11.4. The molecule has 1 N–H and O–H groups in total. The first-order valence-corrected chi connectivity index (χ1v) is 8.42. The number of anilines is 1. The number of hydrogen-bond donors (Lipinski definition) is 1. The lowest BCUT2D eigenvalue weighted by molar-refractivity contribution is 0.130. The maximum Gasteiger partial charge on any atom is 0.436 e. The lowest BCUT2D eigenvalue weighted by atomic mass is 10.1. The largest absolute Gasteiger partial charge is 0.493 e. The molecule has 0 unspecified atom stereocenters. The summed E-state index contributed by atoms with van der Waals surface area (Å²) in [6, 6.07) is 10.3. The molecule has 0 spiro atoms. The fourth-order valence-corrected chi connectivity index (χ4v) is 2.90. The Bertz CT molecular complexity index is 994. The summed E-state index contributed by atoms with van der Waals surface area (Å²) in [6.45, 7) is 0. The predicted octanol–water partition coefficient (Wildman–Crippen LogP) is 3.01. The zero-order valence-corrected chi connectivity index (χ0v) is 16.3. The molecule has 2 aromatic carbocycles. The molecule has 0 fully saturated rings. The monoisotopic (exact) mass is 400 g/mol. The van der Waals surface area contributed by atoms with E-state index >= 15 is 0 Å². The van der Waals surface area contributed by atoms with E-state index < -0.39 is 6.09 Å². The van der Waals surface area contributed by atoms with Gasteiger partial charge in [-0.1, -0.05) is 17.3 Å². The second-order valence-corrected chi connectivity index (χ2v) is 5.72. The van der Waals surface area contributed by atoms with Crippen molar-refractivity contribution in [2.75, 3.05) is 33.5 Å². The average molecular weight is 400 g/mol. The molecule has 152 valence electrons. The number of hydrogen-bond acceptors (Lipinski definition) is 7. The van der Waals surface area contributed by atoms with E-state index in [1.165, 1.54) is 28.4 Å². The Kier molecular flexibility index (Phi) is 5.84. The Hall–Kier alpha value is -3.79. The van der Waals surface area contributed by atoms with Crippen LogP contribution in [0.15, 0.2) is 42.6 Å². The van der Waals surface area contributed by atoms with E-state index in [0.717, 1.165) is 5.06 Å². The van der Waals surface area contributed by atoms with Crippen LogP contribution in [0.1, 0.15) is 0 Å². The zero-order chi connectivity index (χ0) is 21.0. The molecule has 0 saturated carbocycles. The van der Waals surface area contributed by atoms with E-state index in [0.29, 0.717) is 39.9 Å². The van der Waals surface area contributed by atoms with Gasteiger partial charge in [0.2, 0.25) is 5.75 Å². The highest BCUT2D eigenvalue weighted by Crippen LogP contribution is 2.40. The Labute approximate surface area is 166 Å². The minimum Gasteiger partial charge on any atom is -0.493 e. The van der Waals surface area contributed by atoms with Gasteiger partial charge in [-0.25, -0.2) is 9.48 Å². The van der Waals surface area contributed by atoms with E-state index in [9.17, 15) is 9.90 Å². The molecule has 0 aliphatic heterocycles. The number of aromatic nitrogens is 3. The molecule has 0 atom stereocenters. The summed E-state index contributed by atoms with van der Waals surface area (Å²) in [6.07, 6.45) is 0.334. The molecule has 10 heteroatoms. The number of carboxylic acid groups (broad SMARTS) is 1. The van der Waals surface area contributed by atoms with Gasteiger partial charge < -0.3 is 19.3 Å². The van der Waals surface area contributed by atoms with Gasteiger partial charge in [-0.2, -0.15) is 5.06 Å². The second-order valence-electron chi connectivity index (χ2n) is 5.72. The Morgan fingerprint density at radius 2 is 1.72 bits per heavy atom. The number of amides is 1. The molecule has 0 radical (unpaired) electrons. The maximum absolute atomic E-state index is 11.4. The third kappa shape index (κ3) is 3.78. The molecule has 0 bridgehead atoms. The molecule has 3 aromatic rings. The van der Waals surface area contributed by atoms with Crippen LogP contribution >= 0.6 is 0 Å². The van der Waals surface area contributed by atoms with Crippen LogP contribution < -0.4 is 19.3 Å². The average Bonchev–Trinajstić information content (AvgIpc) is 3.23. The molecule has 3 rings (SSSR count). The Morgan fingerprint density at radius 3 is 2.28 bits per heavy atom. The molecule has 1 aromatic heterocycles. The van der Waals surface area contributed by atoms with Gasteiger partial charge in [-0.15, -0.1) is 5.10 Å². The Balaban J connectivity index is 2.11. The number of carbonyl (C=O) groups is 1. The van der Waals surface area contributed by atoms with Gasteiger partial charge in [-0.05, 0) is 12.1 Å². The minimum absolute atomic E-state index is 0.343. The normalized spacial score (nSPS) is 10.5. The lowest BCUT2D eigenvalue weighted by Gasteiger charge is -2.17. The number of rotatable bonds is 7. The summed E-state index contributed by atoms with van der Waals surface area (Å²) in [7, 11) is 5.86. The van der Waals surface area contributed by atoms with Gasteiger partial charge in [0, 0.05) is 17.7 Å². The van der Waals surface area contributed by atoms with E-state index in [-0.39, 0.29) is 0 Å². The second kappa shape index (κ2) is 8.48. The molecule has 10 nitrogen and oxygen atoms in total. The third-order valence-electron chi connectivity index (χ3n) is 4.18. The van der Waals surface area contributed by atoms with Crippen LogP contribution in [0.5, 0.6) is 17.2 Å². The highest BCUT2D eigenvalue weighted by Gasteiger charge is 2.19. The van der Waals surface area contributed by atoms with Gasteiger partial charge in [0.1, 0.15) is 0 Å². The molecular formula is C19H20N4O6. The Morgan fingerprint density at radius 1 is 1.03 bits per heavy atom. The molecule has 0 aliphatic rings. The van der Waals surface area contributed by atoms with Gasteiger partial charge in [-0.3, -0.25) is 4.84 Å². The number of ether oxygens (including phenoxy) is 3. The van der Waals surface area contributed by atoms with Crippen molar-refractivity contribution in [1.29, 1.82) is 0 Å². The van der Waals surface area contributed by atoms with Crippen molar-refractivity contribution in [3.8, 4) is 34.2 Å². The molecule has 0 aliphatic carbocycles. The highest BCUT2D eigenvalue weighted by atomic mass is 16.7. The molecule has 0 saturated heterocycles. The van der Waals surface area contributed by atoms with Gasteiger partial charge in [0.15, 0.2) is 11.5 Å². The van der Waals surface area contributed by atoms with Crippen LogP contribution in [0.3, 0.4) is 0 Å². The summed E-state index contributed by atoms with van der Waals surface area (Å²) in [5.74, 6) is 1.39. The van der Waals surface area contributed by atoms with Crippen molar-refractivity contribution < 1.29 is 28.9 Å². The molecule has 29 heavy (non-hydrogen) atoms. The van der Waals surface area contributed by atoms with Crippen LogP contribution in [0.2, 0.25) is 0 Å². The third-order valence-corrected chi connectivity index (χ3v) is 4.18. The molecule has 1 amide bonds. The van der Waals surface area contributed by atoms with Crippen molar-refractivity contribution in [1.82, 2.24) is 15.0 Å². The number of benzene rings is 2. The van der Waals surface area contributed by atoms with Crippen LogP contribution in [-0.4, -0.2) is 54.6 Å². The summed E-state index contributed by atoms with van der Waals surface area (Å²) in [4.78, 5) is 16.3. The van der Waals surface area contributed by atoms with Crippen molar-refractivity contribution in [3.63, 3.8) is 0 Å². The van der Waals surface area contributed by atoms with Crippen LogP contribution in [0.25, 0.3) is 16.9 Å². The topological polar surface area (TPSA) is 108 Å². The fourth-order valence-electron chi connectivity index (χ4n) is 2.90. The summed E-state index contributed by atoms with van der Waals surface area (Å²) < 4.78 is 17.7. The van der Waals surface area contributed by atoms with Crippen LogP contribution in [0.4, 0.5) is 10.5 Å². The first-order chi connectivity index (χ1) is 14.0. The number of methoxy groups -OCH3 is 3. The number of hydroxylamine groups is 1. The summed E-state index contributed by atoms with van der Waals surface area (Å²) >= 11 is 0. The summed E-state index contributed by atoms with van der Waals surface area (Å²) in [5.41, 5.74) is 2.28. The van der Waals surface area contributed by atoms with Crippen molar-refractivity contribution in [2.45, 2.75) is 0 Å². The van der Waals surface area contributed by atoms with Crippen LogP contribution in [-0.2, 0) is 4.84 Å².